The lowest BCUT2D eigenvalue weighted by Gasteiger charge is -2.23. The zero-order chi connectivity index (χ0) is 10.8. The monoisotopic (exact) mass is 205 g/mol. The van der Waals surface area contributed by atoms with Crippen molar-refractivity contribution in [1.29, 1.82) is 0 Å². The molecule has 0 radical (unpaired) electrons. The maximum absolute atomic E-state index is 5.77. The standard InChI is InChI=1S/C12H19N3/c1-9-4-3-7-15(9)11-5-6-12(10(2)13)14-8-11/h5-6,8-10H,3-4,7,13H2,1-2H3. The van der Waals surface area contributed by atoms with Gasteiger partial charge in [-0.15, -0.1) is 0 Å². The fourth-order valence-electron chi connectivity index (χ4n) is 2.15. The topological polar surface area (TPSA) is 42.1 Å². The van der Waals surface area contributed by atoms with Gasteiger partial charge in [-0.2, -0.15) is 0 Å². The van der Waals surface area contributed by atoms with E-state index < -0.39 is 0 Å². The van der Waals surface area contributed by atoms with E-state index in [0.717, 1.165) is 12.2 Å². The third kappa shape index (κ3) is 2.12. The van der Waals surface area contributed by atoms with Crippen molar-refractivity contribution in [2.75, 3.05) is 11.4 Å². The Morgan fingerprint density at radius 3 is 2.80 bits per heavy atom. The zero-order valence-electron chi connectivity index (χ0n) is 9.48. The van der Waals surface area contributed by atoms with E-state index in [4.69, 9.17) is 5.73 Å². The normalized spacial score (nSPS) is 23.1. The molecule has 0 aliphatic carbocycles. The van der Waals surface area contributed by atoms with Gasteiger partial charge in [-0.05, 0) is 38.8 Å². The van der Waals surface area contributed by atoms with Crippen LogP contribution in [0, 0.1) is 0 Å². The van der Waals surface area contributed by atoms with Crippen LogP contribution < -0.4 is 10.6 Å². The molecule has 0 bridgehead atoms. The number of nitrogens with two attached hydrogens (primary N) is 1. The summed E-state index contributed by atoms with van der Waals surface area (Å²) in [5, 5.41) is 0. The van der Waals surface area contributed by atoms with Crippen molar-refractivity contribution in [3.05, 3.63) is 24.0 Å². The lowest BCUT2D eigenvalue weighted by atomic mass is 10.2. The molecule has 3 nitrogen and oxygen atoms in total. The van der Waals surface area contributed by atoms with Gasteiger partial charge in [0.2, 0.25) is 0 Å². The van der Waals surface area contributed by atoms with Crippen molar-refractivity contribution in [3.63, 3.8) is 0 Å². The maximum Gasteiger partial charge on any atom is 0.0569 e. The fourth-order valence-corrected chi connectivity index (χ4v) is 2.15. The first-order valence-corrected chi connectivity index (χ1v) is 5.66. The molecule has 0 saturated carbocycles. The van der Waals surface area contributed by atoms with Crippen LogP contribution in [0.15, 0.2) is 18.3 Å². The molecule has 1 saturated heterocycles. The van der Waals surface area contributed by atoms with Crippen LogP contribution in [0.1, 0.15) is 38.4 Å². The van der Waals surface area contributed by atoms with Crippen LogP contribution >= 0.6 is 0 Å². The van der Waals surface area contributed by atoms with Crippen molar-refractivity contribution in [2.45, 2.75) is 38.8 Å². The minimum atomic E-state index is 0.0232. The van der Waals surface area contributed by atoms with E-state index in [2.05, 4.69) is 22.9 Å². The SMILES string of the molecule is CC(N)c1ccc(N2CCCC2C)cn1. The second-order valence-electron chi connectivity index (χ2n) is 4.41. The number of pyridine rings is 1. The molecule has 1 fully saturated rings. The van der Waals surface area contributed by atoms with E-state index in [1.165, 1.54) is 18.5 Å². The predicted molar refractivity (Wildman–Crippen MR) is 62.9 cm³/mol. The summed E-state index contributed by atoms with van der Waals surface area (Å²) in [6.45, 7) is 5.38. The van der Waals surface area contributed by atoms with Crippen molar-refractivity contribution in [3.8, 4) is 0 Å². The van der Waals surface area contributed by atoms with Gasteiger partial charge in [0.15, 0.2) is 0 Å². The molecule has 1 aromatic heterocycles. The Kier molecular flexibility index (Phi) is 2.91. The second-order valence-corrected chi connectivity index (χ2v) is 4.41. The van der Waals surface area contributed by atoms with Gasteiger partial charge in [-0.1, -0.05) is 0 Å². The molecule has 2 rings (SSSR count). The Morgan fingerprint density at radius 2 is 2.33 bits per heavy atom. The van der Waals surface area contributed by atoms with Gasteiger partial charge >= 0.3 is 0 Å². The Balaban J connectivity index is 2.16. The summed E-state index contributed by atoms with van der Waals surface area (Å²) in [6, 6.07) is 4.83. The Hall–Kier alpha value is -1.09. The lowest BCUT2D eigenvalue weighted by molar-refractivity contribution is 0.730. The summed E-state index contributed by atoms with van der Waals surface area (Å²) in [7, 11) is 0. The molecule has 0 spiro atoms. The minimum Gasteiger partial charge on any atom is -0.368 e. The summed E-state index contributed by atoms with van der Waals surface area (Å²) in [5.41, 5.74) is 7.96. The van der Waals surface area contributed by atoms with Gasteiger partial charge in [0, 0.05) is 18.6 Å². The van der Waals surface area contributed by atoms with Gasteiger partial charge in [0.25, 0.3) is 0 Å². The molecule has 15 heavy (non-hydrogen) atoms. The van der Waals surface area contributed by atoms with Crippen LogP contribution in [0.4, 0.5) is 5.69 Å². The van der Waals surface area contributed by atoms with Crippen LogP contribution in [-0.4, -0.2) is 17.6 Å². The highest BCUT2D eigenvalue weighted by molar-refractivity contribution is 5.46. The Morgan fingerprint density at radius 1 is 1.53 bits per heavy atom. The highest BCUT2D eigenvalue weighted by Gasteiger charge is 2.20. The fraction of sp³-hybridized carbons (Fsp3) is 0.583. The molecule has 82 valence electrons. The smallest absolute Gasteiger partial charge is 0.0569 e. The summed E-state index contributed by atoms with van der Waals surface area (Å²) in [5.74, 6) is 0. The van der Waals surface area contributed by atoms with Crippen LogP contribution in [-0.2, 0) is 0 Å². The molecule has 2 heterocycles. The number of aromatic nitrogens is 1. The van der Waals surface area contributed by atoms with E-state index in [1.54, 1.807) is 0 Å². The lowest BCUT2D eigenvalue weighted by Crippen LogP contribution is -2.26. The molecule has 1 aromatic rings. The Bertz CT molecular complexity index is 318. The first-order chi connectivity index (χ1) is 7.18. The minimum absolute atomic E-state index is 0.0232. The maximum atomic E-state index is 5.77. The van der Waals surface area contributed by atoms with Crippen molar-refractivity contribution < 1.29 is 0 Å². The molecule has 1 aliphatic rings. The largest absolute Gasteiger partial charge is 0.368 e. The number of anilines is 1. The molecule has 0 aromatic carbocycles. The predicted octanol–water partition coefficient (Wildman–Crippen LogP) is 2.09. The first kappa shape index (κ1) is 10.4. The molecule has 2 N–H and O–H groups in total. The van der Waals surface area contributed by atoms with Crippen LogP contribution in [0.25, 0.3) is 0 Å². The molecule has 2 atom stereocenters. The summed E-state index contributed by atoms with van der Waals surface area (Å²) in [4.78, 5) is 6.81. The van der Waals surface area contributed by atoms with Crippen LogP contribution in [0.3, 0.4) is 0 Å². The summed E-state index contributed by atoms with van der Waals surface area (Å²) in [6.07, 6.45) is 4.52. The van der Waals surface area contributed by atoms with Gasteiger partial charge in [-0.25, -0.2) is 0 Å². The Labute approximate surface area is 91.3 Å². The highest BCUT2D eigenvalue weighted by atomic mass is 15.2. The van der Waals surface area contributed by atoms with Crippen molar-refractivity contribution in [1.82, 2.24) is 4.98 Å². The summed E-state index contributed by atoms with van der Waals surface area (Å²) < 4.78 is 0. The number of nitrogens with zero attached hydrogens (tertiary/aromatic N) is 2. The number of hydrogen-bond donors (Lipinski definition) is 1. The molecule has 0 amide bonds. The quantitative estimate of drug-likeness (QED) is 0.804. The number of hydrogen-bond acceptors (Lipinski definition) is 3. The van der Waals surface area contributed by atoms with E-state index in [9.17, 15) is 0 Å². The number of rotatable bonds is 2. The van der Waals surface area contributed by atoms with Gasteiger partial charge in [-0.3, -0.25) is 4.98 Å². The third-order valence-electron chi connectivity index (χ3n) is 3.12. The molecule has 1 aliphatic heterocycles. The van der Waals surface area contributed by atoms with Gasteiger partial charge in [0.05, 0.1) is 17.6 Å². The van der Waals surface area contributed by atoms with Crippen LogP contribution in [0.5, 0.6) is 0 Å². The van der Waals surface area contributed by atoms with Crippen molar-refractivity contribution >= 4 is 5.69 Å². The highest BCUT2D eigenvalue weighted by Crippen LogP contribution is 2.24. The third-order valence-corrected chi connectivity index (χ3v) is 3.12. The molecule has 2 unspecified atom stereocenters. The van der Waals surface area contributed by atoms with Gasteiger partial charge < -0.3 is 10.6 Å². The van der Waals surface area contributed by atoms with E-state index in [1.807, 2.05) is 19.2 Å². The van der Waals surface area contributed by atoms with E-state index >= 15 is 0 Å². The van der Waals surface area contributed by atoms with E-state index in [-0.39, 0.29) is 6.04 Å². The second kappa shape index (κ2) is 4.19. The molecule has 3 heteroatoms. The zero-order valence-corrected chi connectivity index (χ0v) is 9.48. The first-order valence-electron chi connectivity index (χ1n) is 5.66. The van der Waals surface area contributed by atoms with E-state index in [0.29, 0.717) is 6.04 Å². The van der Waals surface area contributed by atoms with Crippen molar-refractivity contribution in [2.24, 2.45) is 5.73 Å². The molecular weight excluding hydrogens is 186 g/mol. The molecular formula is C12H19N3. The average molecular weight is 205 g/mol. The average Bonchev–Trinajstić information content (AvgIpc) is 2.65. The van der Waals surface area contributed by atoms with Gasteiger partial charge in [0.1, 0.15) is 0 Å². The van der Waals surface area contributed by atoms with Crippen LogP contribution in [0.2, 0.25) is 0 Å². The summed E-state index contributed by atoms with van der Waals surface area (Å²) >= 11 is 0.